The zero-order valence-electron chi connectivity index (χ0n) is 11.7. The molecule has 1 N–H and O–H groups in total. The lowest BCUT2D eigenvalue weighted by atomic mass is 9.90. The van der Waals surface area contributed by atoms with Gasteiger partial charge in [0.1, 0.15) is 23.7 Å². The van der Waals surface area contributed by atoms with Gasteiger partial charge in [0, 0.05) is 29.5 Å². The lowest BCUT2D eigenvalue weighted by Gasteiger charge is -2.19. The van der Waals surface area contributed by atoms with Gasteiger partial charge in [0.15, 0.2) is 0 Å². The number of fused-ring (bicyclic) bond motifs is 2. The van der Waals surface area contributed by atoms with Gasteiger partial charge in [-0.2, -0.15) is 0 Å². The summed E-state index contributed by atoms with van der Waals surface area (Å²) in [5, 5.41) is 10.7. The molecule has 3 heteroatoms. The summed E-state index contributed by atoms with van der Waals surface area (Å²) in [6.07, 6.45) is 3.92. The molecule has 1 aromatic carbocycles. The molecular weight excluding hydrogens is 240 g/mol. The molecule has 0 bridgehead atoms. The summed E-state index contributed by atoms with van der Waals surface area (Å²) < 4.78 is 12.0. The van der Waals surface area contributed by atoms with Crippen molar-refractivity contribution >= 4 is 0 Å². The number of ether oxygens (including phenoxy) is 2. The highest BCUT2D eigenvalue weighted by Crippen LogP contribution is 2.57. The third-order valence-electron chi connectivity index (χ3n) is 4.68. The normalized spacial score (nSPS) is 29.5. The van der Waals surface area contributed by atoms with Gasteiger partial charge in [-0.1, -0.05) is 0 Å². The third kappa shape index (κ3) is 1.48. The van der Waals surface area contributed by atoms with E-state index in [-0.39, 0.29) is 12.2 Å². The van der Waals surface area contributed by atoms with Crippen LogP contribution in [-0.4, -0.2) is 17.3 Å². The summed E-state index contributed by atoms with van der Waals surface area (Å²) in [6.45, 7) is 6.31. The fourth-order valence-corrected chi connectivity index (χ4v) is 3.59. The maximum absolute atomic E-state index is 10.7. The Hall–Kier alpha value is -1.22. The fourth-order valence-electron chi connectivity index (χ4n) is 3.59. The van der Waals surface area contributed by atoms with Crippen LogP contribution < -0.4 is 9.47 Å². The van der Waals surface area contributed by atoms with E-state index in [1.54, 1.807) is 0 Å². The molecule has 0 radical (unpaired) electrons. The molecule has 1 saturated carbocycles. The third-order valence-corrected chi connectivity index (χ3v) is 4.68. The lowest BCUT2D eigenvalue weighted by Crippen LogP contribution is -2.12. The predicted molar refractivity (Wildman–Crippen MR) is 71.9 cm³/mol. The van der Waals surface area contributed by atoms with Crippen LogP contribution in [0.3, 0.4) is 0 Å². The zero-order valence-corrected chi connectivity index (χ0v) is 11.7. The van der Waals surface area contributed by atoms with Crippen LogP contribution in [0, 0.1) is 6.92 Å². The van der Waals surface area contributed by atoms with E-state index >= 15 is 0 Å². The van der Waals surface area contributed by atoms with E-state index in [1.165, 1.54) is 16.7 Å². The van der Waals surface area contributed by atoms with Crippen LogP contribution in [0.5, 0.6) is 11.5 Å². The average Bonchev–Trinajstić information content (AvgIpc) is 2.79. The highest BCUT2D eigenvalue weighted by atomic mass is 16.5. The molecule has 4 rings (SSSR count). The van der Waals surface area contributed by atoms with Crippen molar-refractivity contribution in [2.75, 3.05) is 0 Å². The second-order valence-corrected chi connectivity index (χ2v) is 6.41. The summed E-state index contributed by atoms with van der Waals surface area (Å²) in [5.74, 6) is 1.97. The maximum atomic E-state index is 10.7. The molecule has 1 aromatic rings. The smallest absolute Gasteiger partial charge is 0.129 e. The number of hydrogen-bond acceptors (Lipinski definition) is 3. The van der Waals surface area contributed by atoms with Gasteiger partial charge in [0.2, 0.25) is 0 Å². The number of benzene rings is 1. The summed E-state index contributed by atoms with van der Waals surface area (Å²) in [5.41, 5.74) is 4.04. The zero-order chi connectivity index (χ0) is 13.4. The van der Waals surface area contributed by atoms with Gasteiger partial charge in [-0.25, -0.2) is 0 Å². The van der Waals surface area contributed by atoms with E-state index in [9.17, 15) is 5.11 Å². The summed E-state index contributed by atoms with van der Waals surface area (Å²) >= 11 is 0. The molecule has 2 heterocycles. The molecule has 2 aliphatic heterocycles. The van der Waals surface area contributed by atoms with Gasteiger partial charge < -0.3 is 14.6 Å². The second-order valence-electron chi connectivity index (χ2n) is 6.41. The highest BCUT2D eigenvalue weighted by molar-refractivity contribution is 5.64. The largest absolute Gasteiger partial charge is 0.490 e. The molecule has 2 unspecified atom stereocenters. The van der Waals surface area contributed by atoms with Gasteiger partial charge >= 0.3 is 0 Å². The number of hydrogen-bond donors (Lipinski definition) is 1. The minimum absolute atomic E-state index is 0.203. The maximum Gasteiger partial charge on any atom is 0.129 e. The molecule has 0 aromatic heterocycles. The van der Waals surface area contributed by atoms with Gasteiger partial charge in [-0.05, 0) is 39.2 Å². The van der Waals surface area contributed by atoms with E-state index in [0.29, 0.717) is 0 Å². The molecule has 3 nitrogen and oxygen atoms in total. The fraction of sp³-hybridized carbons (Fsp3) is 0.625. The Morgan fingerprint density at radius 3 is 2.21 bits per heavy atom. The minimum Gasteiger partial charge on any atom is -0.490 e. The van der Waals surface area contributed by atoms with Crippen molar-refractivity contribution in [2.45, 2.75) is 64.3 Å². The molecule has 19 heavy (non-hydrogen) atoms. The standard InChI is InChI=1S/C16H20O3/c1-8-6-11-10(3)14-12(7-9(2)18-14)13(15(11)19-8)16(17)4-5-16/h8-9,17H,4-7H2,1-3H3. The van der Waals surface area contributed by atoms with Crippen molar-refractivity contribution in [3.05, 3.63) is 22.3 Å². The van der Waals surface area contributed by atoms with E-state index in [2.05, 4.69) is 20.8 Å². The molecule has 0 spiro atoms. The minimum atomic E-state index is -0.653. The van der Waals surface area contributed by atoms with Crippen LogP contribution in [-0.2, 0) is 18.4 Å². The first-order chi connectivity index (χ1) is 8.99. The van der Waals surface area contributed by atoms with Crippen LogP contribution in [0.4, 0.5) is 0 Å². The first-order valence-corrected chi connectivity index (χ1v) is 7.24. The van der Waals surface area contributed by atoms with E-state index in [1.807, 2.05) is 0 Å². The average molecular weight is 260 g/mol. The molecular formula is C16H20O3. The summed E-state index contributed by atoms with van der Waals surface area (Å²) in [6, 6.07) is 0. The highest BCUT2D eigenvalue weighted by Gasteiger charge is 2.49. The van der Waals surface area contributed by atoms with Gasteiger partial charge in [-0.15, -0.1) is 0 Å². The first-order valence-electron chi connectivity index (χ1n) is 7.24. The quantitative estimate of drug-likeness (QED) is 0.843. The Balaban J connectivity index is 2.00. The molecule has 1 aliphatic carbocycles. The van der Waals surface area contributed by atoms with Crippen LogP contribution in [0.1, 0.15) is 48.9 Å². The molecule has 0 saturated heterocycles. The topological polar surface area (TPSA) is 38.7 Å². The van der Waals surface area contributed by atoms with Crippen molar-refractivity contribution in [1.82, 2.24) is 0 Å². The van der Waals surface area contributed by atoms with E-state index < -0.39 is 5.60 Å². The van der Waals surface area contributed by atoms with Gasteiger partial charge in [0.05, 0.1) is 5.60 Å². The molecule has 3 aliphatic rings. The first kappa shape index (κ1) is 11.6. The predicted octanol–water partition coefficient (Wildman–Crippen LogP) is 2.62. The van der Waals surface area contributed by atoms with Crippen LogP contribution in [0.15, 0.2) is 0 Å². The Bertz CT molecular complexity index is 533. The summed E-state index contributed by atoms with van der Waals surface area (Å²) in [7, 11) is 0. The Labute approximate surface area is 113 Å². The SMILES string of the molecule is Cc1c2c(c(C3(O)CC3)c3c1OC(C)C3)OC(C)C2. The number of aliphatic hydroxyl groups is 1. The van der Waals surface area contributed by atoms with Gasteiger partial charge in [-0.3, -0.25) is 0 Å². The molecule has 0 amide bonds. The summed E-state index contributed by atoms with van der Waals surface area (Å²) in [4.78, 5) is 0. The van der Waals surface area contributed by atoms with Crippen LogP contribution in [0.2, 0.25) is 0 Å². The number of rotatable bonds is 1. The van der Waals surface area contributed by atoms with Crippen LogP contribution in [0.25, 0.3) is 0 Å². The Kier molecular flexibility index (Phi) is 2.11. The monoisotopic (exact) mass is 260 g/mol. The van der Waals surface area contributed by atoms with Crippen molar-refractivity contribution in [1.29, 1.82) is 0 Å². The van der Waals surface area contributed by atoms with Crippen molar-refractivity contribution in [2.24, 2.45) is 0 Å². The van der Waals surface area contributed by atoms with Crippen LogP contribution >= 0.6 is 0 Å². The Morgan fingerprint density at radius 2 is 1.58 bits per heavy atom. The van der Waals surface area contributed by atoms with Gasteiger partial charge in [0.25, 0.3) is 0 Å². The van der Waals surface area contributed by atoms with Crippen molar-refractivity contribution in [3.8, 4) is 11.5 Å². The van der Waals surface area contributed by atoms with Crippen molar-refractivity contribution in [3.63, 3.8) is 0 Å². The second kappa shape index (κ2) is 3.45. The lowest BCUT2D eigenvalue weighted by molar-refractivity contribution is 0.143. The van der Waals surface area contributed by atoms with E-state index in [0.717, 1.165) is 42.7 Å². The van der Waals surface area contributed by atoms with Crippen molar-refractivity contribution < 1.29 is 14.6 Å². The molecule has 2 atom stereocenters. The van der Waals surface area contributed by atoms with E-state index in [4.69, 9.17) is 9.47 Å². The Morgan fingerprint density at radius 1 is 1.00 bits per heavy atom. The molecule has 1 fully saturated rings. The molecule has 102 valence electrons.